The third-order valence-electron chi connectivity index (χ3n) is 3.28. The minimum Gasteiger partial charge on any atom is -0.497 e. The van der Waals surface area contributed by atoms with E-state index in [4.69, 9.17) is 10.5 Å². The second kappa shape index (κ2) is 5.22. The molecule has 20 heavy (non-hydrogen) atoms. The van der Waals surface area contributed by atoms with Crippen LogP contribution in [0.2, 0.25) is 0 Å². The normalized spacial score (nSPS) is 21.3. The van der Waals surface area contributed by atoms with E-state index in [1.165, 1.54) is 11.3 Å². The van der Waals surface area contributed by atoms with Crippen molar-refractivity contribution in [2.24, 2.45) is 11.7 Å². The first-order valence-corrected chi connectivity index (χ1v) is 7.16. The number of hydrogen-bond donors (Lipinski definition) is 2. The van der Waals surface area contributed by atoms with Crippen LogP contribution < -0.4 is 15.8 Å². The van der Waals surface area contributed by atoms with E-state index in [1.807, 2.05) is 30.4 Å². The van der Waals surface area contributed by atoms with Gasteiger partial charge in [0, 0.05) is 6.04 Å². The molecule has 0 aliphatic heterocycles. The number of nitrogens with zero attached hydrogens (tertiary/aromatic N) is 1. The zero-order chi connectivity index (χ0) is 14.1. The number of nitrogens with two attached hydrogens (primary N) is 1. The quantitative estimate of drug-likeness (QED) is 0.849. The van der Waals surface area contributed by atoms with E-state index < -0.39 is 0 Å². The van der Waals surface area contributed by atoms with E-state index in [2.05, 4.69) is 10.3 Å². The predicted octanol–water partition coefficient (Wildman–Crippen LogP) is 2.15. The van der Waals surface area contributed by atoms with E-state index >= 15 is 0 Å². The third kappa shape index (κ3) is 2.52. The molecule has 1 heterocycles. The summed E-state index contributed by atoms with van der Waals surface area (Å²) in [5, 5.41) is 3.46. The van der Waals surface area contributed by atoms with Crippen molar-refractivity contribution in [1.29, 1.82) is 0 Å². The Kier molecular flexibility index (Phi) is 3.42. The highest BCUT2D eigenvalue weighted by Gasteiger charge is 2.23. The summed E-state index contributed by atoms with van der Waals surface area (Å²) in [7, 11) is 1.63. The number of rotatable bonds is 3. The Morgan fingerprint density at radius 3 is 3.05 bits per heavy atom. The molecule has 2 aromatic rings. The second-order valence-corrected chi connectivity index (χ2v) is 5.76. The molecule has 6 heteroatoms. The fourth-order valence-corrected chi connectivity index (χ4v) is 3.10. The Morgan fingerprint density at radius 1 is 1.50 bits per heavy atom. The summed E-state index contributed by atoms with van der Waals surface area (Å²) in [6.45, 7) is 0. The van der Waals surface area contributed by atoms with Gasteiger partial charge in [-0.05, 0) is 24.6 Å². The fraction of sp³-hybridized carbons (Fsp3) is 0.286. The molecule has 1 amide bonds. The molecule has 0 saturated heterocycles. The van der Waals surface area contributed by atoms with Crippen molar-refractivity contribution in [3.63, 3.8) is 0 Å². The second-order valence-electron chi connectivity index (χ2n) is 4.73. The largest absolute Gasteiger partial charge is 0.497 e. The van der Waals surface area contributed by atoms with Crippen LogP contribution in [0.4, 0.5) is 5.13 Å². The molecule has 1 aliphatic carbocycles. The highest BCUT2D eigenvalue weighted by atomic mass is 32.1. The molecule has 104 valence electrons. The van der Waals surface area contributed by atoms with Gasteiger partial charge >= 0.3 is 0 Å². The van der Waals surface area contributed by atoms with Gasteiger partial charge in [0.1, 0.15) is 5.75 Å². The zero-order valence-corrected chi connectivity index (χ0v) is 11.8. The van der Waals surface area contributed by atoms with Crippen LogP contribution in [0.1, 0.15) is 6.42 Å². The van der Waals surface area contributed by atoms with E-state index in [9.17, 15) is 4.79 Å². The van der Waals surface area contributed by atoms with Crippen molar-refractivity contribution in [3.05, 3.63) is 30.4 Å². The Balaban J connectivity index is 1.77. The molecular weight excluding hydrogens is 274 g/mol. The van der Waals surface area contributed by atoms with Crippen molar-refractivity contribution >= 4 is 32.6 Å². The molecule has 1 aromatic heterocycles. The van der Waals surface area contributed by atoms with Crippen LogP contribution >= 0.6 is 11.3 Å². The van der Waals surface area contributed by atoms with Gasteiger partial charge in [0.05, 0.1) is 23.2 Å². The van der Waals surface area contributed by atoms with Crippen molar-refractivity contribution in [1.82, 2.24) is 4.98 Å². The summed E-state index contributed by atoms with van der Waals surface area (Å²) in [6, 6.07) is 5.62. The number of anilines is 1. The summed E-state index contributed by atoms with van der Waals surface area (Å²) < 4.78 is 6.16. The summed E-state index contributed by atoms with van der Waals surface area (Å²) in [5.74, 6) is 0.565. The fourth-order valence-electron chi connectivity index (χ4n) is 2.21. The van der Waals surface area contributed by atoms with Crippen LogP contribution in [0.15, 0.2) is 30.4 Å². The number of hydrogen-bond acceptors (Lipinski definition) is 5. The number of aromatic nitrogens is 1. The number of fused-ring (bicyclic) bond motifs is 1. The van der Waals surface area contributed by atoms with Gasteiger partial charge in [0.15, 0.2) is 5.13 Å². The highest BCUT2D eigenvalue weighted by Crippen LogP contribution is 2.30. The van der Waals surface area contributed by atoms with Gasteiger partial charge in [-0.2, -0.15) is 0 Å². The molecule has 0 fully saturated rings. The molecular formula is C14H15N3O2S. The SMILES string of the molecule is COc1ccc2nc(NC(=O)C3C=CC(N)C3)sc2c1. The number of carbonyl (C=O) groups is 1. The molecule has 3 N–H and O–H groups in total. The molecule has 0 spiro atoms. The zero-order valence-electron chi connectivity index (χ0n) is 11.0. The Bertz CT molecular complexity index is 680. The lowest BCUT2D eigenvalue weighted by Gasteiger charge is -2.07. The van der Waals surface area contributed by atoms with E-state index in [0.29, 0.717) is 11.6 Å². The highest BCUT2D eigenvalue weighted by molar-refractivity contribution is 7.22. The Hall–Kier alpha value is -1.92. The lowest BCUT2D eigenvalue weighted by molar-refractivity contribution is -0.118. The molecule has 2 unspecified atom stereocenters. The number of carbonyl (C=O) groups excluding carboxylic acids is 1. The lowest BCUT2D eigenvalue weighted by atomic mass is 10.1. The van der Waals surface area contributed by atoms with Gasteiger partial charge in [-0.3, -0.25) is 4.79 Å². The molecule has 1 aliphatic rings. The van der Waals surface area contributed by atoms with Crippen LogP contribution in [0.3, 0.4) is 0 Å². The average Bonchev–Trinajstić information content (AvgIpc) is 3.03. The lowest BCUT2D eigenvalue weighted by Crippen LogP contribution is -2.23. The summed E-state index contributed by atoms with van der Waals surface area (Å²) in [5.41, 5.74) is 6.61. The van der Waals surface area contributed by atoms with Gasteiger partial charge in [-0.1, -0.05) is 23.5 Å². The van der Waals surface area contributed by atoms with Crippen molar-refractivity contribution < 1.29 is 9.53 Å². The maximum absolute atomic E-state index is 12.1. The Morgan fingerprint density at radius 2 is 2.35 bits per heavy atom. The smallest absolute Gasteiger partial charge is 0.233 e. The molecule has 5 nitrogen and oxygen atoms in total. The topological polar surface area (TPSA) is 77.2 Å². The maximum Gasteiger partial charge on any atom is 0.233 e. The van der Waals surface area contributed by atoms with Crippen LogP contribution in [0, 0.1) is 5.92 Å². The van der Waals surface area contributed by atoms with Crippen LogP contribution in [0.5, 0.6) is 5.75 Å². The predicted molar refractivity (Wildman–Crippen MR) is 80.0 cm³/mol. The molecule has 2 atom stereocenters. The maximum atomic E-state index is 12.1. The van der Waals surface area contributed by atoms with E-state index in [0.717, 1.165) is 16.0 Å². The van der Waals surface area contributed by atoms with Gasteiger partial charge in [-0.15, -0.1) is 0 Å². The van der Waals surface area contributed by atoms with Gasteiger partial charge in [0.25, 0.3) is 0 Å². The minimum atomic E-state index is -0.161. The number of nitrogens with one attached hydrogen (secondary N) is 1. The standard InChI is InChI=1S/C14H15N3O2S/c1-19-10-4-5-11-12(7-10)20-14(16-11)17-13(18)8-2-3-9(15)6-8/h2-5,7-9H,6,15H2,1H3,(H,16,17,18). The first-order valence-electron chi connectivity index (χ1n) is 6.35. The first kappa shape index (κ1) is 13.1. The number of thiazole rings is 1. The van der Waals surface area contributed by atoms with Crippen LogP contribution in [-0.2, 0) is 4.79 Å². The molecule has 0 saturated carbocycles. The summed E-state index contributed by atoms with van der Waals surface area (Å²) >= 11 is 1.44. The Labute approximate surface area is 120 Å². The average molecular weight is 289 g/mol. The molecule has 0 bridgehead atoms. The minimum absolute atomic E-state index is 0.0228. The van der Waals surface area contributed by atoms with Gasteiger partial charge < -0.3 is 15.8 Å². The number of benzene rings is 1. The van der Waals surface area contributed by atoms with Crippen LogP contribution in [-0.4, -0.2) is 24.0 Å². The van der Waals surface area contributed by atoms with Crippen molar-refractivity contribution in [3.8, 4) is 5.75 Å². The molecule has 1 aromatic carbocycles. The van der Waals surface area contributed by atoms with Gasteiger partial charge in [0.2, 0.25) is 5.91 Å². The summed E-state index contributed by atoms with van der Waals surface area (Å²) in [4.78, 5) is 16.5. The van der Waals surface area contributed by atoms with Crippen molar-refractivity contribution in [2.45, 2.75) is 12.5 Å². The first-order chi connectivity index (χ1) is 9.65. The summed E-state index contributed by atoms with van der Waals surface area (Å²) in [6.07, 6.45) is 4.38. The number of methoxy groups -OCH3 is 1. The van der Waals surface area contributed by atoms with Crippen LogP contribution in [0.25, 0.3) is 10.2 Å². The van der Waals surface area contributed by atoms with E-state index in [-0.39, 0.29) is 17.9 Å². The third-order valence-corrected chi connectivity index (χ3v) is 4.21. The number of ether oxygens (including phenoxy) is 1. The molecule has 3 rings (SSSR count). The number of amides is 1. The van der Waals surface area contributed by atoms with Crippen molar-refractivity contribution in [2.75, 3.05) is 12.4 Å². The van der Waals surface area contributed by atoms with E-state index in [1.54, 1.807) is 7.11 Å². The molecule has 0 radical (unpaired) electrons. The monoisotopic (exact) mass is 289 g/mol. The van der Waals surface area contributed by atoms with Gasteiger partial charge in [-0.25, -0.2) is 4.98 Å².